The van der Waals surface area contributed by atoms with Crippen molar-refractivity contribution >= 4 is 11.3 Å². The van der Waals surface area contributed by atoms with Gasteiger partial charge in [0.05, 0.1) is 16.5 Å². The number of thiazole rings is 1. The van der Waals surface area contributed by atoms with Gasteiger partial charge in [0, 0.05) is 18.0 Å². The summed E-state index contributed by atoms with van der Waals surface area (Å²) in [4.78, 5) is 4.16. The standard InChI is InChI=1S/C9H12N2S/c1-3-9(2,7-10)6-8-11-4-5-12-8/h4-5H,3,6H2,1-2H3. The number of hydrogen-bond donors (Lipinski definition) is 0. The van der Waals surface area contributed by atoms with Gasteiger partial charge in [0.25, 0.3) is 0 Å². The quantitative estimate of drug-likeness (QED) is 0.717. The topological polar surface area (TPSA) is 36.7 Å². The van der Waals surface area contributed by atoms with E-state index >= 15 is 0 Å². The summed E-state index contributed by atoms with van der Waals surface area (Å²) in [6.45, 7) is 4.02. The molecule has 3 heteroatoms. The van der Waals surface area contributed by atoms with Crippen LogP contribution in [0.1, 0.15) is 25.3 Å². The predicted molar refractivity (Wildman–Crippen MR) is 49.8 cm³/mol. The largest absolute Gasteiger partial charge is 0.250 e. The molecule has 0 aliphatic carbocycles. The minimum absolute atomic E-state index is 0.238. The Balaban J connectivity index is 2.68. The highest BCUT2D eigenvalue weighted by Crippen LogP contribution is 2.25. The van der Waals surface area contributed by atoms with Crippen molar-refractivity contribution in [3.63, 3.8) is 0 Å². The maximum absolute atomic E-state index is 8.91. The molecule has 1 aromatic rings. The fourth-order valence-electron chi connectivity index (χ4n) is 0.918. The number of rotatable bonds is 3. The van der Waals surface area contributed by atoms with Gasteiger partial charge in [0.2, 0.25) is 0 Å². The summed E-state index contributed by atoms with van der Waals surface area (Å²) >= 11 is 1.62. The fraction of sp³-hybridized carbons (Fsp3) is 0.556. The van der Waals surface area contributed by atoms with Crippen molar-refractivity contribution in [2.45, 2.75) is 26.7 Å². The van der Waals surface area contributed by atoms with Crippen molar-refractivity contribution in [1.82, 2.24) is 4.98 Å². The van der Waals surface area contributed by atoms with Crippen LogP contribution in [0.2, 0.25) is 0 Å². The molecule has 1 heterocycles. The van der Waals surface area contributed by atoms with Gasteiger partial charge in [-0.1, -0.05) is 6.92 Å². The van der Waals surface area contributed by atoms with Gasteiger partial charge < -0.3 is 0 Å². The Kier molecular flexibility index (Phi) is 2.83. The molecule has 1 atom stereocenters. The fourth-order valence-corrected chi connectivity index (χ4v) is 1.72. The summed E-state index contributed by atoms with van der Waals surface area (Å²) in [5.41, 5.74) is -0.238. The highest BCUT2D eigenvalue weighted by atomic mass is 32.1. The van der Waals surface area contributed by atoms with Gasteiger partial charge in [-0.3, -0.25) is 0 Å². The maximum Gasteiger partial charge on any atom is 0.0940 e. The summed E-state index contributed by atoms with van der Waals surface area (Å²) in [7, 11) is 0. The van der Waals surface area contributed by atoms with Crippen molar-refractivity contribution in [3.8, 4) is 6.07 Å². The van der Waals surface area contributed by atoms with Crippen LogP contribution in [-0.2, 0) is 6.42 Å². The van der Waals surface area contributed by atoms with Crippen molar-refractivity contribution in [1.29, 1.82) is 5.26 Å². The van der Waals surface area contributed by atoms with E-state index in [-0.39, 0.29) is 5.41 Å². The molecule has 0 bridgehead atoms. The third kappa shape index (κ3) is 2.05. The first-order valence-electron chi connectivity index (χ1n) is 4.00. The van der Waals surface area contributed by atoms with Gasteiger partial charge >= 0.3 is 0 Å². The van der Waals surface area contributed by atoms with E-state index in [1.807, 2.05) is 19.2 Å². The zero-order valence-electron chi connectivity index (χ0n) is 7.37. The molecule has 0 radical (unpaired) electrons. The lowest BCUT2D eigenvalue weighted by atomic mass is 9.86. The second kappa shape index (κ2) is 3.68. The van der Waals surface area contributed by atoms with Crippen molar-refractivity contribution in [2.75, 3.05) is 0 Å². The molecule has 0 spiro atoms. The highest BCUT2D eigenvalue weighted by molar-refractivity contribution is 7.09. The van der Waals surface area contributed by atoms with E-state index in [2.05, 4.69) is 11.1 Å². The number of nitrogens with zero attached hydrogens (tertiary/aromatic N) is 2. The van der Waals surface area contributed by atoms with E-state index in [1.54, 1.807) is 17.5 Å². The molecule has 0 amide bonds. The molecule has 0 aliphatic rings. The minimum atomic E-state index is -0.238. The first-order valence-corrected chi connectivity index (χ1v) is 4.88. The summed E-state index contributed by atoms with van der Waals surface area (Å²) in [5.74, 6) is 0. The Labute approximate surface area is 76.9 Å². The van der Waals surface area contributed by atoms with Crippen LogP contribution < -0.4 is 0 Å². The number of hydrogen-bond acceptors (Lipinski definition) is 3. The molecule has 1 rings (SSSR count). The Morgan fingerprint density at radius 1 is 1.75 bits per heavy atom. The monoisotopic (exact) mass is 180 g/mol. The van der Waals surface area contributed by atoms with E-state index in [0.29, 0.717) is 0 Å². The van der Waals surface area contributed by atoms with Crippen LogP contribution in [0.3, 0.4) is 0 Å². The Morgan fingerprint density at radius 2 is 2.50 bits per heavy atom. The van der Waals surface area contributed by atoms with Gasteiger partial charge in [0.15, 0.2) is 0 Å². The zero-order valence-corrected chi connectivity index (χ0v) is 8.19. The SMILES string of the molecule is CCC(C)(C#N)Cc1nccs1. The van der Waals surface area contributed by atoms with Crippen LogP contribution in [0.25, 0.3) is 0 Å². The lowest BCUT2D eigenvalue weighted by Gasteiger charge is -2.16. The van der Waals surface area contributed by atoms with E-state index in [0.717, 1.165) is 17.8 Å². The zero-order chi connectivity index (χ0) is 9.03. The van der Waals surface area contributed by atoms with E-state index in [9.17, 15) is 0 Å². The van der Waals surface area contributed by atoms with Crippen LogP contribution in [0.5, 0.6) is 0 Å². The molecule has 0 saturated carbocycles. The smallest absolute Gasteiger partial charge is 0.0940 e. The molecule has 12 heavy (non-hydrogen) atoms. The summed E-state index contributed by atoms with van der Waals surface area (Å²) < 4.78 is 0. The molecule has 0 aromatic carbocycles. The van der Waals surface area contributed by atoms with Crippen LogP contribution in [-0.4, -0.2) is 4.98 Å². The van der Waals surface area contributed by atoms with Crippen LogP contribution in [0.15, 0.2) is 11.6 Å². The second-order valence-electron chi connectivity index (χ2n) is 3.13. The van der Waals surface area contributed by atoms with Gasteiger partial charge in [-0.2, -0.15) is 5.26 Å². The molecule has 1 unspecified atom stereocenters. The van der Waals surface area contributed by atoms with Gasteiger partial charge in [-0.15, -0.1) is 11.3 Å². The first kappa shape index (κ1) is 9.21. The van der Waals surface area contributed by atoms with Crippen molar-refractivity contribution in [3.05, 3.63) is 16.6 Å². The molecular formula is C9H12N2S. The second-order valence-corrected chi connectivity index (χ2v) is 4.11. The summed E-state index contributed by atoms with van der Waals surface area (Å²) in [6, 6.07) is 2.33. The normalized spacial score (nSPS) is 15.1. The molecule has 0 aliphatic heterocycles. The van der Waals surface area contributed by atoms with Gasteiger partial charge in [-0.25, -0.2) is 4.98 Å². The number of aromatic nitrogens is 1. The lowest BCUT2D eigenvalue weighted by molar-refractivity contribution is 0.422. The molecule has 0 N–H and O–H groups in total. The lowest BCUT2D eigenvalue weighted by Crippen LogP contribution is -2.15. The molecule has 2 nitrogen and oxygen atoms in total. The van der Waals surface area contributed by atoms with Gasteiger partial charge in [0.1, 0.15) is 0 Å². The average Bonchev–Trinajstić information content (AvgIpc) is 2.57. The third-order valence-corrected chi connectivity index (χ3v) is 2.85. The first-order chi connectivity index (χ1) is 5.70. The number of nitriles is 1. The molecule has 64 valence electrons. The van der Waals surface area contributed by atoms with Crippen molar-refractivity contribution in [2.24, 2.45) is 5.41 Å². The summed E-state index contributed by atoms with van der Waals surface area (Å²) in [6.07, 6.45) is 3.44. The Morgan fingerprint density at radius 3 is 2.92 bits per heavy atom. The van der Waals surface area contributed by atoms with E-state index in [4.69, 9.17) is 5.26 Å². The predicted octanol–water partition coefficient (Wildman–Crippen LogP) is 2.63. The summed E-state index contributed by atoms with van der Waals surface area (Å²) in [5, 5.41) is 11.9. The van der Waals surface area contributed by atoms with Gasteiger partial charge in [-0.05, 0) is 13.3 Å². The van der Waals surface area contributed by atoms with Crippen LogP contribution in [0, 0.1) is 16.7 Å². The molecular weight excluding hydrogens is 168 g/mol. The molecule has 0 fully saturated rings. The van der Waals surface area contributed by atoms with E-state index in [1.165, 1.54) is 0 Å². The third-order valence-electron chi connectivity index (χ3n) is 2.08. The molecule has 0 saturated heterocycles. The maximum atomic E-state index is 8.91. The Bertz CT molecular complexity index is 273. The van der Waals surface area contributed by atoms with Crippen molar-refractivity contribution < 1.29 is 0 Å². The Hall–Kier alpha value is -0.880. The van der Waals surface area contributed by atoms with Crippen LogP contribution >= 0.6 is 11.3 Å². The highest BCUT2D eigenvalue weighted by Gasteiger charge is 2.22. The van der Waals surface area contributed by atoms with E-state index < -0.39 is 0 Å². The molecule has 1 aromatic heterocycles. The van der Waals surface area contributed by atoms with Crippen LogP contribution in [0.4, 0.5) is 0 Å². The minimum Gasteiger partial charge on any atom is -0.250 e. The average molecular weight is 180 g/mol.